The van der Waals surface area contributed by atoms with E-state index in [1.807, 2.05) is 0 Å². The molecule has 0 aromatic heterocycles. The van der Waals surface area contributed by atoms with E-state index < -0.39 is 11.7 Å². The molecule has 0 spiro atoms. The van der Waals surface area contributed by atoms with Gasteiger partial charge in [0, 0.05) is 6.42 Å². The summed E-state index contributed by atoms with van der Waals surface area (Å²) in [4.78, 5) is 11.5. The van der Waals surface area contributed by atoms with Gasteiger partial charge >= 0.3 is 6.18 Å². The molecule has 0 aliphatic heterocycles. The number of allylic oxidation sites excluding steroid dienone is 2. The SMILES string of the molecule is O=C1C=C(Cc2cccc(C(F)(F)F)c2)CCCC1. The highest BCUT2D eigenvalue weighted by molar-refractivity contribution is 5.90. The van der Waals surface area contributed by atoms with Crippen LogP contribution in [0.2, 0.25) is 0 Å². The zero-order valence-corrected chi connectivity index (χ0v) is 10.5. The van der Waals surface area contributed by atoms with E-state index in [4.69, 9.17) is 0 Å². The molecule has 1 aromatic rings. The van der Waals surface area contributed by atoms with Gasteiger partial charge in [0.25, 0.3) is 0 Å². The molecule has 102 valence electrons. The van der Waals surface area contributed by atoms with Crippen LogP contribution in [0.3, 0.4) is 0 Å². The molecular formula is C15H15F3O. The van der Waals surface area contributed by atoms with Crippen LogP contribution in [-0.2, 0) is 17.4 Å². The van der Waals surface area contributed by atoms with E-state index in [1.54, 1.807) is 12.1 Å². The molecule has 1 aromatic carbocycles. The number of alkyl halides is 3. The van der Waals surface area contributed by atoms with Gasteiger partial charge in [-0.15, -0.1) is 0 Å². The molecule has 0 atom stereocenters. The number of benzene rings is 1. The molecule has 2 rings (SSSR count). The second-order valence-electron chi connectivity index (χ2n) is 4.85. The molecule has 1 aliphatic carbocycles. The summed E-state index contributed by atoms with van der Waals surface area (Å²) in [7, 11) is 0. The van der Waals surface area contributed by atoms with Crippen LogP contribution >= 0.6 is 0 Å². The Kier molecular flexibility index (Phi) is 4.08. The highest BCUT2D eigenvalue weighted by Crippen LogP contribution is 2.30. The fourth-order valence-electron chi connectivity index (χ4n) is 2.28. The standard InChI is InChI=1S/C15H15F3O/c16-15(17,18)13-6-3-5-11(9-13)8-12-4-1-2-7-14(19)10-12/h3,5-6,9-10H,1-2,4,7-8H2. The van der Waals surface area contributed by atoms with Crippen LogP contribution in [0.1, 0.15) is 36.8 Å². The number of hydrogen-bond acceptors (Lipinski definition) is 1. The van der Waals surface area contributed by atoms with E-state index in [2.05, 4.69) is 0 Å². The van der Waals surface area contributed by atoms with Gasteiger partial charge in [-0.1, -0.05) is 23.8 Å². The Labute approximate surface area is 110 Å². The molecule has 0 radical (unpaired) electrons. The lowest BCUT2D eigenvalue weighted by molar-refractivity contribution is -0.137. The minimum atomic E-state index is -4.32. The summed E-state index contributed by atoms with van der Waals surface area (Å²) >= 11 is 0. The Morgan fingerprint density at radius 1 is 1.11 bits per heavy atom. The fourth-order valence-corrected chi connectivity index (χ4v) is 2.28. The van der Waals surface area contributed by atoms with Crippen LogP contribution in [0, 0.1) is 0 Å². The van der Waals surface area contributed by atoms with Gasteiger partial charge in [0.15, 0.2) is 5.78 Å². The Morgan fingerprint density at radius 2 is 1.84 bits per heavy atom. The second kappa shape index (κ2) is 5.59. The number of ketones is 1. The lowest BCUT2D eigenvalue weighted by Gasteiger charge is -2.10. The second-order valence-corrected chi connectivity index (χ2v) is 4.85. The molecule has 0 unspecified atom stereocenters. The maximum absolute atomic E-state index is 12.6. The first-order chi connectivity index (χ1) is 8.95. The normalized spacial score (nSPS) is 17.0. The number of hydrogen-bond donors (Lipinski definition) is 0. The van der Waals surface area contributed by atoms with Crippen molar-refractivity contribution in [1.29, 1.82) is 0 Å². The first-order valence-corrected chi connectivity index (χ1v) is 6.33. The summed E-state index contributed by atoms with van der Waals surface area (Å²) in [6.45, 7) is 0. The topological polar surface area (TPSA) is 17.1 Å². The van der Waals surface area contributed by atoms with Gasteiger partial charge in [0.05, 0.1) is 5.56 Å². The summed E-state index contributed by atoms with van der Waals surface area (Å²) in [6, 6.07) is 5.31. The average molecular weight is 268 g/mol. The Bertz CT molecular complexity index is 500. The maximum Gasteiger partial charge on any atom is 0.416 e. The van der Waals surface area contributed by atoms with Gasteiger partial charge in [-0.25, -0.2) is 0 Å². The number of carbonyl (C=O) groups is 1. The van der Waals surface area contributed by atoms with E-state index in [0.717, 1.165) is 37.0 Å². The van der Waals surface area contributed by atoms with Crippen LogP contribution in [0.15, 0.2) is 35.9 Å². The number of rotatable bonds is 2. The van der Waals surface area contributed by atoms with E-state index in [-0.39, 0.29) is 5.78 Å². The van der Waals surface area contributed by atoms with Crippen molar-refractivity contribution in [2.24, 2.45) is 0 Å². The van der Waals surface area contributed by atoms with Gasteiger partial charge in [-0.3, -0.25) is 4.79 Å². The van der Waals surface area contributed by atoms with E-state index in [1.165, 1.54) is 6.07 Å². The number of carbonyl (C=O) groups excluding carboxylic acids is 1. The van der Waals surface area contributed by atoms with Crippen molar-refractivity contribution in [3.8, 4) is 0 Å². The predicted octanol–water partition coefficient (Wildman–Crippen LogP) is 4.32. The van der Waals surface area contributed by atoms with Crippen LogP contribution < -0.4 is 0 Å². The molecule has 0 N–H and O–H groups in total. The zero-order chi connectivity index (χ0) is 13.9. The molecule has 0 amide bonds. The Hall–Kier alpha value is -1.58. The molecular weight excluding hydrogens is 253 g/mol. The molecule has 0 saturated carbocycles. The third-order valence-electron chi connectivity index (χ3n) is 3.22. The highest BCUT2D eigenvalue weighted by atomic mass is 19.4. The molecule has 0 bridgehead atoms. The van der Waals surface area contributed by atoms with Crippen molar-refractivity contribution in [3.63, 3.8) is 0 Å². The van der Waals surface area contributed by atoms with Crippen molar-refractivity contribution in [1.82, 2.24) is 0 Å². The van der Waals surface area contributed by atoms with Gasteiger partial charge in [-0.05, 0) is 43.4 Å². The smallest absolute Gasteiger partial charge is 0.295 e. The lowest BCUT2D eigenvalue weighted by Crippen LogP contribution is -2.05. The minimum absolute atomic E-state index is 0.0828. The summed E-state index contributed by atoms with van der Waals surface area (Å²) in [6.07, 6.45) is 0.846. The molecule has 0 fully saturated rings. The van der Waals surface area contributed by atoms with Crippen LogP contribution in [0.5, 0.6) is 0 Å². The van der Waals surface area contributed by atoms with E-state index in [0.29, 0.717) is 18.4 Å². The Morgan fingerprint density at radius 3 is 2.58 bits per heavy atom. The molecule has 19 heavy (non-hydrogen) atoms. The van der Waals surface area contributed by atoms with Crippen LogP contribution in [0.25, 0.3) is 0 Å². The summed E-state index contributed by atoms with van der Waals surface area (Å²) < 4.78 is 37.8. The summed E-state index contributed by atoms with van der Waals surface area (Å²) in [5.41, 5.74) is 0.906. The van der Waals surface area contributed by atoms with E-state index >= 15 is 0 Å². The van der Waals surface area contributed by atoms with Crippen molar-refractivity contribution in [2.45, 2.75) is 38.3 Å². The van der Waals surface area contributed by atoms with Crippen molar-refractivity contribution in [2.75, 3.05) is 0 Å². The first-order valence-electron chi connectivity index (χ1n) is 6.33. The predicted molar refractivity (Wildman–Crippen MR) is 66.7 cm³/mol. The average Bonchev–Trinajstić information content (AvgIpc) is 2.53. The highest BCUT2D eigenvalue weighted by Gasteiger charge is 2.30. The van der Waals surface area contributed by atoms with E-state index in [9.17, 15) is 18.0 Å². The van der Waals surface area contributed by atoms with Crippen LogP contribution in [-0.4, -0.2) is 5.78 Å². The third-order valence-corrected chi connectivity index (χ3v) is 3.22. The molecule has 0 heterocycles. The zero-order valence-electron chi connectivity index (χ0n) is 10.5. The summed E-state index contributed by atoms with van der Waals surface area (Å²) in [5.74, 6) is 0.0828. The summed E-state index contributed by atoms with van der Waals surface area (Å²) in [5, 5.41) is 0. The van der Waals surface area contributed by atoms with Crippen molar-refractivity contribution >= 4 is 5.78 Å². The molecule has 1 nitrogen and oxygen atoms in total. The number of halogens is 3. The molecule has 4 heteroatoms. The van der Waals surface area contributed by atoms with Gasteiger partial charge < -0.3 is 0 Å². The van der Waals surface area contributed by atoms with Gasteiger partial charge in [0.1, 0.15) is 0 Å². The van der Waals surface area contributed by atoms with Gasteiger partial charge in [0.2, 0.25) is 0 Å². The Balaban J connectivity index is 2.17. The third kappa shape index (κ3) is 3.94. The first kappa shape index (κ1) is 13.8. The molecule has 1 aliphatic rings. The van der Waals surface area contributed by atoms with Crippen molar-refractivity contribution in [3.05, 3.63) is 47.0 Å². The maximum atomic E-state index is 12.6. The fraction of sp³-hybridized carbons (Fsp3) is 0.400. The van der Waals surface area contributed by atoms with Crippen LogP contribution in [0.4, 0.5) is 13.2 Å². The quantitative estimate of drug-likeness (QED) is 0.780. The largest absolute Gasteiger partial charge is 0.416 e. The van der Waals surface area contributed by atoms with Crippen molar-refractivity contribution < 1.29 is 18.0 Å². The van der Waals surface area contributed by atoms with Gasteiger partial charge in [-0.2, -0.15) is 13.2 Å². The monoisotopic (exact) mass is 268 g/mol. The lowest BCUT2D eigenvalue weighted by atomic mass is 9.99. The molecule has 0 saturated heterocycles. The minimum Gasteiger partial charge on any atom is -0.295 e.